The normalized spacial score (nSPS) is 16.9. The van der Waals surface area contributed by atoms with Crippen molar-refractivity contribution >= 4 is 11.9 Å². The van der Waals surface area contributed by atoms with Crippen LogP contribution in [-0.4, -0.2) is 51.4 Å². The number of ether oxygens (including phenoxy) is 1. The van der Waals surface area contributed by atoms with E-state index in [1.54, 1.807) is 15.8 Å². The lowest BCUT2D eigenvalue weighted by Crippen LogP contribution is -2.30. The Labute approximate surface area is 152 Å². The molecule has 0 bridgehead atoms. The molecule has 1 aliphatic rings. The van der Waals surface area contributed by atoms with Crippen LogP contribution in [0, 0.1) is 11.8 Å². The molecule has 1 atom stereocenters. The van der Waals surface area contributed by atoms with E-state index in [-0.39, 0.29) is 18.1 Å². The topological polar surface area (TPSA) is 84.7 Å². The number of carbonyl (C=O) groups excluding carboxylic acids is 1. The van der Waals surface area contributed by atoms with Crippen molar-refractivity contribution in [2.75, 3.05) is 19.7 Å². The molecule has 1 aromatic carbocycles. The molecule has 0 aliphatic carbocycles. The first-order valence-corrected chi connectivity index (χ1v) is 8.75. The molecule has 3 rings (SSSR count). The number of hydrogen-bond donors (Lipinski definition) is 1. The van der Waals surface area contributed by atoms with E-state index in [4.69, 9.17) is 9.84 Å². The fourth-order valence-electron chi connectivity index (χ4n) is 2.88. The lowest BCUT2D eigenvalue weighted by Gasteiger charge is -2.15. The van der Waals surface area contributed by atoms with Gasteiger partial charge in [0.05, 0.1) is 24.4 Å². The van der Waals surface area contributed by atoms with E-state index in [0.29, 0.717) is 31.2 Å². The molecule has 1 amide bonds. The van der Waals surface area contributed by atoms with Crippen molar-refractivity contribution in [2.45, 2.75) is 20.3 Å². The Morgan fingerprint density at radius 3 is 2.65 bits per heavy atom. The average Bonchev–Trinajstić information content (AvgIpc) is 3.27. The second kappa shape index (κ2) is 7.59. The molecule has 2 aromatic rings. The van der Waals surface area contributed by atoms with Crippen molar-refractivity contribution in [3.8, 4) is 11.4 Å². The van der Waals surface area contributed by atoms with E-state index in [1.165, 1.54) is 0 Å². The number of carboxylic acid groups (broad SMARTS) is 1. The highest BCUT2D eigenvalue weighted by Gasteiger charge is 2.33. The first-order valence-electron chi connectivity index (χ1n) is 8.75. The summed E-state index contributed by atoms with van der Waals surface area (Å²) in [5, 5.41) is 13.6. The number of rotatable bonds is 6. The van der Waals surface area contributed by atoms with E-state index in [9.17, 15) is 9.59 Å². The van der Waals surface area contributed by atoms with Crippen LogP contribution in [0.5, 0.6) is 5.75 Å². The fourth-order valence-corrected chi connectivity index (χ4v) is 2.88. The van der Waals surface area contributed by atoms with Crippen LogP contribution in [0.4, 0.5) is 0 Å². The van der Waals surface area contributed by atoms with Gasteiger partial charge in [0.25, 0.3) is 5.91 Å². The van der Waals surface area contributed by atoms with E-state index in [2.05, 4.69) is 5.10 Å². The highest BCUT2D eigenvalue weighted by atomic mass is 16.5. The van der Waals surface area contributed by atoms with E-state index in [1.807, 2.05) is 44.2 Å². The molecule has 2 heterocycles. The molecule has 0 saturated carbocycles. The number of para-hydroxylation sites is 1. The Morgan fingerprint density at radius 2 is 2.04 bits per heavy atom. The average molecular weight is 357 g/mol. The number of nitrogens with zero attached hydrogens (tertiary/aromatic N) is 3. The molecular formula is C19H23N3O4. The minimum Gasteiger partial charge on any atom is -0.489 e. The van der Waals surface area contributed by atoms with Crippen molar-refractivity contribution in [1.29, 1.82) is 0 Å². The SMILES string of the molecule is CC(C)COc1cn(-c2ccccc2)nc1C(=O)N1CC[C@H](C(=O)O)C1. The Balaban J connectivity index is 1.87. The molecule has 7 nitrogen and oxygen atoms in total. The van der Waals surface area contributed by atoms with Gasteiger partial charge in [0, 0.05) is 13.1 Å². The number of aromatic nitrogens is 2. The number of carbonyl (C=O) groups is 2. The van der Waals surface area contributed by atoms with E-state index >= 15 is 0 Å². The first kappa shape index (κ1) is 18.0. The van der Waals surface area contributed by atoms with Gasteiger partial charge in [0.15, 0.2) is 11.4 Å². The van der Waals surface area contributed by atoms with Gasteiger partial charge in [0.2, 0.25) is 0 Å². The van der Waals surface area contributed by atoms with Gasteiger partial charge in [-0.05, 0) is 24.5 Å². The van der Waals surface area contributed by atoms with Gasteiger partial charge in [-0.15, -0.1) is 0 Å². The molecule has 7 heteroatoms. The lowest BCUT2D eigenvalue weighted by molar-refractivity contribution is -0.141. The van der Waals surface area contributed by atoms with E-state index in [0.717, 1.165) is 5.69 Å². The maximum absolute atomic E-state index is 12.9. The molecule has 1 N–H and O–H groups in total. The third-order valence-corrected chi connectivity index (χ3v) is 4.30. The number of likely N-dealkylation sites (tertiary alicyclic amines) is 1. The zero-order valence-electron chi connectivity index (χ0n) is 15.0. The van der Waals surface area contributed by atoms with Gasteiger partial charge in [-0.25, -0.2) is 4.68 Å². The fraction of sp³-hybridized carbons (Fsp3) is 0.421. The zero-order valence-corrected chi connectivity index (χ0v) is 15.0. The zero-order chi connectivity index (χ0) is 18.7. The maximum Gasteiger partial charge on any atom is 0.308 e. The predicted molar refractivity (Wildman–Crippen MR) is 95.5 cm³/mol. The van der Waals surface area contributed by atoms with Crippen LogP contribution in [0.2, 0.25) is 0 Å². The molecule has 1 saturated heterocycles. The van der Waals surface area contributed by atoms with Crippen LogP contribution < -0.4 is 4.74 Å². The Kier molecular flexibility index (Phi) is 5.25. The predicted octanol–water partition coefficient (Wildman–Crippen LogP) is 2.45. The van der Waals surface area contributed by atoms with Crippen molar-refractivity contribution in [2.24, 2.45) is 11.8 Å². The molecule has 1 aliphatic heterocycles. The van der Waals surface area contributed by atoms with Crippen LogP contribution in [0.3, 0.4) is 0 Å². The largest absolute Gasteiger partial charge is 0.489 e. The monoisotopic (exact) mass is 357 g/mol. The summed E-state index contributed by atoms with van der Waals surface area (Å²) in [6.07, 6.45) is 2.17. The first-order chi connectivity index (χ1) is 12.5. The van der Waals surface area contributed by atoms with Gasteiger partial charge in [-0.3, -0.25) is 9.59 Å². The molecule has 0 radical (unpaired) electrons. The molecule has 1 fully saturated rings. The van der Waals surface area contributed by atoms with Crippen LogP contribution in [0.25, 0.3) is 5.69 Å². The second-order valence-corrected chi connectivity index (χ2v) is 6.90. The van der Waals surface area contributed by atoms with Crippen molar-refractivity contribution in [3.63, 3.8) is 0 Å². The van der Waals surface area contributed by atoms with Crippen molar-refractivity contribution < 1.29 is 19.4 Å². The van der Waals surface area contributed by atoms with Crippen LogP contribution in [-0.2, 0) is 4.79 Å². The Hall–Kier alpha value is -2.83. The number of aliphatic carboxylic acids is 1. The van der Waals surface area contributed by atoms with Crippen molar-refractivity contribution in [3.05, 3.63) is 42.2 Å². The van der Waals surface area contributed by atoms with Gasteiger partial charge in [0.1, 0.15) is 0 Å². The van der Waals surface area contributed by atoms with Gasteiger partial charge in [-0.1, -0.05) is 32.0 Å². The summed E-state index contributed by atoms with van der Waals surface area (Å²) < 4.78 is 7.43. The highest BCUT2D eigenvalue weighted by Crippen LogP contribution is 2.25. The Bertz CT molecular complexity index is 785. The minimum atomic E-state index is -0.869. The van der Waals surface area contributed by atoms with Crippen molar-refractivity contribution in [1.82, 2.24) is 14.7 Å². The molecule has 0 unspecified atom stereocenters. The standard InChI is InChI=1S/C19H23N3O4/c1-13(2)12-26-16-11-22(15-6-4-3-5-7-15)20-17(16)18(23)21-9-8-14(10-21)19(24)25/h3-7,11,13-14H,8-10,12H2,1-2H3,(H,24,25)/t14-/m0/s1. The summed E-state index contributed by atoms with van der Waals surface area (Å²) in [5.41, 5.74) is 1.05. The lowest BCUT2D eigenvalue weighted by atomic mass is 10.1. The molecule has 26 heavy (non-hydrogen) atoms. The smallest absolute Gasteiger partial charge is 0.308 e. The van der Waals surface area contributed by atoms with Crippen LogP contribution in [0.15, 0.2) is 36.5 Å². The molecule has 138 valence electrons. The number of hydrogen-bond acceptors (Lipinski definition) is 4. The summed E-state index contributed by atoms with van der Waals surface area (Å²) in [4.78, 5) is 25.6. The summed E-state index contributed by atoms with van der Waals surface area (Å²) in [7, 11) is 0. The van der Waals surface area contributed by atoms with Gasteiger partial charge < -0.3 is 14.7 Å². The summed E-state index contributed by atoms with van der Waals surface area (Å²) in [5.74, 6) is -0.948. The number of benzene rings is 1. The van der Waals surface area contributed by atoms with Crippen LogP contribution >= 0.6 is 0 Å². The summed E-state index contributed by atoms with van der Waals surface area (Å²) in [6, 6.07) is 9.48. The minimum absolute atomic E-state index is 0.204. The third-order valence-electron chi connectivity index (χ3n) is 4.30. The van der Waals surface area contributed by atoms with Gasteiger partial charge >= 0.3 is 5.97 Å². The Morgan fingerprint density at radius 1 is 1.31 bits per heavy atom. The second-order valence-electron chi connectivity index (χ2n) is 6.90. The van der Waals surface area contributed by atoms with Gasteiger partial charge in [-0.2, -0.15) is 5.10 Å². The molecule has 0 spiro atoms. The quantitative estimate of drug-likeness (QED) is 0.858. The maximum atomic E-state index is 12.9. The third kappa shape index (κ3) is 3.87. The number of amides is 1. The number of carboxylic acids is 1. The summed E-state index contributed by atoms with van der Waals surface area (Å²) >= 11 is 0. The molecule has 1 aromatic heterocycles. The van der Waals surface area contributed by atoms with E-state index < -0.39 is 11.9 Å². The summed E-state index contributed by atoms with van der Waals surface area (Å²) in [6.45, 7) is 5.15. The molecular weight excluding hydrogens is 334 g/mol. The highest BCUT2D eigenvalue weighted by molar-refractivity contribution is 5.95. The van der Waals surface area contributed by atoms with Crippen LogP contribution in [0.1, 0.15) is 30.8 Å².